The Bertz CT molecular complexity index is 1030. The van der Waals surface area contributed by atoms with Crippen LogP contribution < -0.4 is 4.74 Å². The second kappa shape index (κ2) is 9.99. The highest BCUT2D eigenvalue weighted by atomic mass is 32.2. The van der Waals surface area contributed by atoms with Gasteiger partial charge in [0.15, 0.2) is 0 Å². The fourth-order valence-electron chi connectivity index (χ4n) is 4.03. The molecule has 2 fully saturated rings. The van der Waals surface area contributed by atoms with E-state index in [2.05, 4.69) is 4.90 Å². The maximum Gasteiger partial charge on any atom is 0.253 e. The van der Waals surface area contributed by atoms with E-state index < -0.39 is 10.0 Å². The lowest BCUT2D eigenvalue weighted by Crippen LogP contribution is -2.50. The van der Waals surface area contributed by atoms with Crippen LogP contribution in [0.3, 0.4) is 0 Å². The topological polar surface area (TPSA) is 79.4 Å². The zero-order valence-corrected chi connectivity index (χ0v) is 19.1. The summed E-state index contributed by atoms with van der Waals surface area (Å²) in [5.74, 6) is 0.547. The first-order chi connectivity index (χ1) is 15.5. The number of hydrogen-bond donors (Lipinski definition) is 0. The largest absolute Gasteiger partial charge is 0.497 e. The Labute approximate surface area is 189 Å². The van der Waals surface area contributed by atoms with Gasteiger partial charge in [-0.2, -0.15) is 4.31 Å². The van der Waals surface area contributed by atoms with E-state index in [1.807, 2.05) is 24.3 Å². The molecule has 0 atom stereocenters. The Morgan fingerprint density at radius 2 is 1.66 bits per heavy atom. The molecule has 0 aromatic heterocycles. The Kier molecular flexibility index (Phi) is 7.10. The van der Waals surface area contributed by atoms with Crippen LogP contribution in [-0.4, -0.2) is 88.0 Å². The van der Waals surface area contributed by atoms with Crippen LogP contribution in [0, 0.1) is 0 Å². The fourth-order valence-corrected chi connectivity index (χ4v) is 5.45. The number of carbonyl (C=O) groups excluding carboxylic acids is 1. The molecule has 0 spiro atoms. The number of methoxy groups -OCH3 is 1. The van der Waals surface area contributed by atoms with E-state index >= 15 is 0 Å². The summed E-state index contributed by atoms with van der Waals surface area (Å²) in [4.78, 5) is 17.3. The highest BCUT2D eigenvalue weighted by Crippen LogP contribution is 2.21. The van der Waals surface area contributed by atoms with Gasteiger partial charge in [-0.15, -0.1) is 0 Å². The molecule has 0 saturated carbocycles. The van der Waals surface area contributed by atoms with Gasteiger partial charge in [0.2, 0.25) is 10.0 Å². The minimum Gasteiger partial charge on any atom is -0.497 e. The molecule has 1 amide bonds. The molecule has 2 aliphatic heterocycles. The molecular formula is C23H29N3O5S. The standard InChI is InChI=1S/C23H29N3O5S/c1-30-21-5-7-22(8-6-21)32(28,29)26-11-9-25(10-12-26)23(27)20-4-2-3-19(17-20)18-24-13-15-31-16-14-24/h2-8,17H,9-16,18H2,1H3. The smallest absolute Gasteiger partial charge is 0.253 e. The molecule has 2 aromatic carbocycles. The molecule has 2 aliphatic rings. The third-order valence-electron chi connectivity index (χ3n) is 5.91. The SMILES string of the molecule is COc1ccc(S(=O)(=O)N2CCN(C(=O)c3cccc(CN4CCOCC4)c3)CC2)cc1. The van der Waals surface area contributed by atoms with Gasteiger partial charge in [0.05, 0.1) is 25.2 Å². The Balaban J connectivity index is 1.37. The average Bonchev–Trinajstić information content (AvgIpc) is 2.84. The predicted molar refractivity (Wildman–Crippen MR) is 120 cm³/mol. The van der Waals surface area contributed by atoms with Crippen LogP contribution >= 0.6 is 0 Å². The summed E-state index contributed by atoms with van der Waals surface area (Å²) in [6.07, 6.45) is 0. The van der Waals surface area contributed by atoms with Crippen LogP contribution in [0.5, 0.6) is 5.75 Å². The number of amides is 1. The molecule has 9 heteroatoms. The van der Waals surface area contributed by atoms with Crippen molar-refractivity contribution in [1.29, 1.82) is 0 Å². The van der Waals surface area contributed by atoms with E-state index in [-0.39, 0.29) is 23.9 Å². The number of hydrogen-bond acceptors (Lipinski definition) is 6. The van der Waals surface area contributed by atoms with E-state index in [0.29, 0.717) is 24.4 Å². The van der Waals surface area contributed by atoms with Crippen LogP contribution in [0.2, 0.25) is 0 Å². The highest BCUT2D eigenvalue weighted by Gasteiger charge is 2.30. The lowest BCUT2D eigenvalue weighted by molar-refractivity contribution is 0.0341. The van der Waals surface area contributed by atoms with Gasteiger partial charge in [0, 0.05) is 51.4 Å². The monoisotopic (exact) mass is 459 g/mol. The van der Waals surface area contributed by atoms with Crippen LogP contribution in [-0.2, 0) is 21.3 Å². The molecule has 0 bridgehead atoms. The van der Waals surface area contributed by atoms with Crippen molar-refractivity contribution in [1.82, 2.24) is 14.1 Å². The van der Waals surface area contributed by atoms with Gasteiger partial charge in [0.25, 0.3) is 5.91 Å². The van der Waals surface area contributed by atoms with Crippen molar-refractivity contribution >= 4 is 15.9 Å². The van der Waals surface area contributed by atoms with E-state index in [1.165, 1.54) is 11.4 Å². The molecule has 32 heavy (non-hydrogen) atoms. The third-order valence-corrected chi connectivity index (χ3v) is 7.82. The molecule has 8 nitrogen and oxygen atoms in total. The number of carbonyl (C=O) groups is 1. The summed E-state index contributed by atoms with van der Waals surface area (Å²) in [7, 11) is -2.06. The van der Waals surface area contributed by atoms with Crippen molar-refractivity contribution < 1.29 is 22.7 Å². The summed E-state index contributed by atoms with van der Waals surface area (Å²) < 4.78 is 37.8. The summed E-state index contributed by atoms with van der Waals surface area (Å²) in [6, 6.07) is 14.1. The molecule has 172 valence electrons. The third kappa shape index (κ3) is 5.12. The molecule has 0 unspecified atom stereocenters. The van der Waals surface area contributed by atoms with Crippen LogP contribution in [0.4, 0.5) is 0 Å². The van der Waals surface area contributed by atoms with E-state index in [9.17, 15) is 13.2 Å². The van der Waals surface area contributed by atoms with Crippen molar-refractivity contribution in [3.63, 3.8) is 0 Å². The first kappa shape index (κ1) is 22.7. The van der Waals surface area contributed by atoms with Crippen LogP contribution in [0.15, 0.2) is 53.4 Å². The van der Waals surface area contributed by atoms with Gasteiger partial charge in [-0.25, -0.2) is 8.42 Å². The van der Waals surface area contributed by atoms with Crippen molar-refractivity contribution in [3.8, 4) is 5.75 Å². The first-order valence-electron chi connectivity index (χ1n) is 10.8. The normalized spacial score (nSPS) is 18.5. The summed E-state index contributed by atoms with van der Waals surface area (Å²) in [5.41, 5.74) is 1.74. The van der Waals surface area contributed by atoms with E-state index in [1.54, 1.807) is 29.2 Å². The second-order valence-electron chi connectivity index (χ2n) is 7.96. The van der Waals surface area contributed by atoms with Crippen LogP contribution in [0.25, 0.3) is 0 Å². The summed E-state index contributed by atoms with van der Waals surface area (Å²) in [6.45, 7) is 5.32. The zero-order valence-electron chi connectivity index (χ0n) is 18.3. The number of morpholine rings is 1. The van der Waals surface area contributed by atoms with Gasteiger partial charge >= 0.3 is 0 Å². The predicted octanol–water partition coefficient (Wildman–Crippen LogP) is 1.67. The average molecular weight is 460 g/mol. The zero-order chi connectivity index (χ0) is 22.6. The highest BCUT2D eigenvalue weighted by molar-refractivity contribution is 7.89. The second-order valence-corrected chi connectivity index (χ2v) is 9.90. The van der Waals surface area contributed by atoms with Gasteiger partial charge in [-0.3, -0.25) is 9.69 Å². The Morgan fingerprint density at radius 1 is 0.969 bits per heavy atom. The first-order valence-corrected chi connectivity index (χ1v) is 12.2. The van der Waals surface area contributed by atoms with Crippen molar-refractivity contribution in [2.24, 2.45) is 0 Å². The number of benzene rings is 2. The summed E-state index contributed by atoms with van der Waals surface area (Å²) >= 11 is 0. The lowest BCUT2D eigenvalue weighted by Gasteiger charge is -2.34. The molecule has 0 N–H and O–H groups in total. The molecule has 0 radical (unpaired) electrons. The van der Waals surface area contributed by atoms with Gasteiger partial charge in [-0.05, 0) is 42.0 Å². The Hall–Kier alpha value is -2.46. The van der Waals surface area contributed by atoms with E-state index in [0.717, 1.165) is 38.4 Å². The number of sulfonamides is 1. The van der Waals surface area contributed by atoms with Crippen LogP contribution in [0.1, 0.15) is 15.9 Å². The number of rotatable bonds is 6. The van der Waals surface area contributed by atoms with Crippen molar-refractivity contribution in [2.45, 2.75) is 11.4 Å². The molecule has 0 aliphatic carbocycles. The molecule has 2 heterocycles. The van der Waals surface area contributed by atoms with Gasteiger partial charge in [0.1, 0.15) is 5.75 Å². The number of nitrogens with zero attached hydrogens (tertiary/aromatic N) is 3. The van der Waals surface area contributed by atoms with Crippen molar-refractivity contribution in [3.05, 3.63) is 59.7 Å². The summed E-state index contributed by atoms with van der Waals surface area (Å²) in [5, 5.41) is 0. The fraction of sp³-hybridized carbons (Fsp3) is 0.435. The minimum atomic E-state index is -3.60. The molecule has 2 saturated heterocycles. The molecule has 2 aromatic rings. The molecule has 4 rings (SSSR count). The van der Waals surface area contributed by atoms with Crippen molar-refractivity contribution in [2.75, 3.05) is 59.6 Å². The number of ether oxygens (including phenoxy) is 2. The Morgan fingerprint density at radius 3 is 2.31 bits per heavy atom. The number of piperazine rings is 1. The minimum absolute atomic E-state index is 0.0599. The quantitative estimate of drug-likeness (QED) is 0.654. The maximum absolute atomic E-state index is 13.1. The van der Waals surface area contributed by atoms with Gasteiger partial charge < -0.3 is 14.4 Å². The molecular weight excluding hydrogens is 430 g/mol. The lowest BCUT2D eigenvalue weighted by atomic mass is 10.1. The van der Waals surface area contributed by atoms with E-state index in [4.69, 9.17) is 9.47 Å². The maximum atomic E-state index is 13.1. The van der Waals surface area contributed by atoms with Gasteiger partial charge in [-0.1, -0.05) is 12.1 Å².